The lowest BCUT2D eigenvalue weighted by Gasteiger charge is -2.04. The van der Waals surface area contributed by atoms with E-state index in [0.29, 0.717) is 23.8 Å². The van der Waals surface area contributed by atoms with Gasteiger partial charge in [-0.1, -0.05) is 11.6 Å². The third-order valence-corrected chi connectivity index (χ3v) is 3.68. The van der Waals surface area contributed by atoms with E-state index in [9.17, 15) is 4.79 Å². The molecule has 0 aliphatic carbocycles. The molecule has 2 aromatic rings. The van der Waals surface area contributed by atoms with Crippen LogP contribution in [0.5, 0.6) is 0 Å². The monoisotopic (exact) mass is 344 g/mol. The third-order valence-electron chi connectivity index (χ3n) is 2.47. The maximum absolute atomic E-state index is 10.5. The smallest absolute Gasteiger partial charge is 0.303 e. The molecule has 8 heteroatoms. The zero-order chi connectivity index (χ0) is 13.8. The minimum absolute atomic E-state index is 0.0869. The molecule has 0 saturated heterocycles. The lowest BCUT2D eigenvalue weighted by Crippen LogP contribution is -2.05. The van der Waals surface area contributed by atoms with Crippen LogP contribution < -0.4 is 0 Å². The fourth-order valence-corrected chi connectivity index (χ4v) is 2.07. The van der Waals surface area contributed by atoms with Crippen molar-refractivity contribution in [1.82, 2.24) is 20.2 Å². The van der Waals surface area contributed by atoms with Crippen LogP contribution in [0.25, 0.3) is 11.4 Å². The molecule has 19 heavy (non-hydrogen) atoms. The minimum Gasteiger partial charge on any atom is -0.481 e. The van der Waals surface area contributed by atoms with Crippen LogP contribution in [-0.2, 0) is 11.3 Å². The number of carbonyl (C=O) groups is 1. The fraction of sp³-hybridized carbons (Fsp3) is 0.273. The van der Waals surface area contributed by atoms with Gasteiger partial charge in [0, 0.05) is 23.0 Å². The molecule has 1 aromatic carbocycles. The summed E-state index contributed by atoms with van der Waals surface area (Å²) in [4.78, 5) is 10.5. The Morgan fingerprint density at radius 2 is 2.26 bits per heavy atom. The average Bonchev–Trinajstić information content (AvgIpc) is 2.80. The average molecular weight is 346 g/mol. The zero-order valence-electron chi connectivity index (χ0n) is 9.75. The maximum Gasteiger partial charge on any atom is 0.303 e. The van der Waals surface area contributed by atoms with Crippen LogP contribution in [-0.4, -0.2) is 31.3 Å². The highest BCUT2D eigenvalue weighted by Crippen LogP contribution is 2.27. The number of carboxylic acid groups (broad SMARTS) is 1. The molecule has 0 atom stereocenters. The van der Waals surface area contributed by atoms with Crippen molar-refractivity contribution in [2.45, 2.75) is 19.4 Å². The Hall–Kier alpha value is -1.47. The van der Waals surface area contributed by atoms with E-state index in [1.54, 1.807) is 10.7 Å². The first-order chi connectivity index (χ1) is 9.08. The normalized spacial score (nSPS) is 10.6. The Bertz CT molecular complexity index is 602. The quantitative estimate of drug-likeness (QED) is 0.901. The largest absolute Gasteiger partial charge is 0.481 e. The van der Waals surface area contributed by atoms with E-state index in [4.69, 9.17) is 16.7 Å². The standard InChI is InChI=1S/C11H10BrClN4O2/c12-8-6-7(3-4-9(8)13)11-14-15-16-17(11)5-1-2-10(18)19/h3-4,6H,1-2,5H2,(H,18,19). The van der Waals surface area contributed by atoms with Crippen molar-refractivity contribution in [3.63, 3.8) is 0 Å². The SMILES string of the molecule is O=C(O)CCCn1nnnc1-c1ccc(Cl)c(Br)c1. The number of tetrazole rings is 1. The summed E-state index contributed by atoms with van der Waals surface area (Å²) in [7, 11) is 0. The number of hydrogen-bond acceptors (Lipinski definition) is 4. The predicted molar refractivity (Wildman–Crippen MR) is 72.8 cm³/mol. The van der Waals surface area contributed by atoms with Gasteiger partial charge in [0.15, 0.2) is 5.82 Å². The van der Waals surface area contributed by atoms with Crippen LogP contribution in [0.15, 0.2) is 22.7 Å². The van der Waals surface area contributed by atoms with Gasteiger partial charge in [-0.15, -0.1) is 5.10 Å². The number of hydrogen-bond donors (Lipinski definition) is 1. The van der Waals surface area contributed by atoms with Gasteiger partial charge in [-0.3, -0.25) is 4.79 Å². The van der Waals surface area contributed by atoms with Crippen LogP contribution in [0.2, 0.25) is 5.02 Å². The molecule has 2 rings (SSSR count). The van der Waals surface area contributed by atoms with Crippen LogP contribution >= 0.6 is 27.5 Å². The summed E-state index contributed by atoms with van der Waals surface area (Å²) in [6.45, 7) is 0.453. The van der Waals surface area contributed by atoms with Crippen LogP contribution in [0.3, 0.4) is 0 Å². The molecule has 100 valence electrons. The molecule has 0 fully saturated rings. The number of rotatable bonds is 5. The number of halogens is 2. The van der Waals surface area contributed by atoms with Crippen LogP contribution in [0, 0.1) is 0 Å². The second kappa shape index (κ2) is 6.12. The van der Waals surface area contributed by atoms with Crippen molar-refractivity contribution in [3.05, 3.63) is 27.7 Å². The van der Waals surface area contributed by atoms with Gasteiger partial charge in [-0.25, -0.2) is 4.68 Å². The summed E-state index contributed by atoms with van der Waals surface area (Å²) in [5.74, 6) is -0.244. The number of aromatic nitrogens is 4. The first-order valence-corrected chi connectivity index (χ1v) is 6.68. The van der Waals surface area contributed by atoms with Crippen molar-refractivity contribution in [1.29, 1.82) is 0 Å². The first-order valence-electron chi connectivity index (χ1n) is 5.51. The topological polar surface area (TPSA) is 80.9 Å². The Kier molecular flexibility index (Phi) is 4.49. The van der Waals surface area contributed by atoms with Gasteiger partial charge in [0.05, 0.1) is 5.02 Å². The van der Waals surface area contributed by atoms with Gasteiger partial charge in [0.2, 0.25) is 0 Å². The van der Waals surface area contributed by atoms with Crippen molar-refractivity contribution in [2.75, 3.05) is 0 Å². The molecule has 0 amide bonds. The second-order valence-corrected chi connectivity index (χ2v) is 5.11. The van der Waals surface area contributed by atoms with Crippen LogP contribution in [0.1, 0.15) is 12.8 Å². The zero-order valence-corrected chi connectivity index (χ0v) is 12.1. The molecule has 0 aliphatic rings. The molecule has 1 heterocycles. The fourth-order valence-electron chi connectivity index (χ4n) is 1.58. The van der Waals surface area contributed by atoms with E-state index in [1.165, 1.54) is 0 Å². The van der Waals surface area contributed by atoms with Crippen LogP contribution in [0.4, 0.5) is 0 Å². The number of benzene rings is 1. The van der Waals surface area contributed by atoms with E-state index >= 15 is 0 Å². The minimum atomic E-state index is -0.830. The molecule has 1 aromatic heterocycles. The first kappa shape index (κ1) is 14.0. The van der Waals surface area contributed by atoms with Gasteiger partial charge in [-0.05, 0) is 51.0 Å². The molecule has 1 N–H and O–H groups in total. The van der Waals surface area contributed by atoms with Gasteiger partial charge >= 0.3 is 5.97 Å². The highest BCUT2D eigenvalue weighted by molar-refractivity contribution is 9.10. The summed E-state index contributed by atoms with van der Waals surface area (Å²) < 4.78 is 2.34. The number of aryl methyl sites for hydroxylation is 1. The molecule has 0 spiro atoms. The molecule has 0 unspecified atom stereocenters. The lowest BCUT2D eigenvalue weighted by atomic mass is 10.2. The summed E-state index contributed by atoms with van der Waals surface area (Å²) in [5, 5.41) is 20.6. The van der Waals surface area contributed by atoms with Crippen molar-refractivity contribution < 1.29 is 9.90 Å². The van der Waals surface area contributed by atoms with E-state index < -0.39 is 5.97 Å². The summed E-state index contributed by atoms with van der Waals surface area (Å²) >= 11 is 9.27. The molecule has 6 nitrogen and oxygen atoms in total. The molecule has 0 bridgehead atoms. The molecule has 0 aliphatic heterocycles. The third kappa shape index (κ3) is 3.51. The molecular formula is C11H10BrClN4O2. The summed E-state index contributed by atoms with van der Waals surface area (Å²) in [6, 6.07) is 5.38. The molecule has 0 saturated carbocycles. The molecule has 0 radical (unpaired) electrons. The number of aliphatic carboxylic acids is 1. The number of nitrogens with zero attached hydrogens (tertiary/aromatic N) is 4. The van der Waals surface area contributed by atoms with Gasteiger partial charge in [-0.2, -0.15) is 0 Å². The maximum atomic E-state index is 10.5. The van der Waals surface area contributed by atoms with E-state index in [0.717, 1.165) is 10.0 Å². The van der Waals surface area contributed by atoms with Crippen molar-refractivity contribution >= 4 is 33.5 Å². The van der Waals surface area contributed by atoms with Gasteiger partial charge in [0.25, 0.3) is 0 Å². The Labute approximate surface area is 122 Å². The Balaban J connectivity index is 2.18. The number of carboxylic acids is 1. The second-order valence-electron chi connectivity index (χ2n) is 3.85. The van der Waals surface area contributed by atoms with Crippen molar-refractivity contribution in [3.8, 4) is 11.4 Å². The van der Waals surface area contributed by atoms with Gasteiger partial charge < -0.3 is 5.11 Å². The summed E-state index contributed by atoms with van der Waals surface area (Å²) in [5.41, 5.74) is 0.816. The lowest BCUT2D eigenvalue weighted by molar-refractivity contribution is -0.137. The van der Waals surface area contributed by atoms with E-state index in [1.807, 2.05) is 12.1 Å². The molecular weight excluding hydrogens is 336 g/mol. The summed E-state index contributed by atoms with van der Waals surface area (Å²) in [6.07, 6.45) is 0.561. The van der Waals surface area contributed by atoms with Crippen molar-refractivity contribution in [2.24, 2.45) is 0 Å². The Morgan fingerprint density at radius 3 is 2.95 bits per heavy atom. The highest BCUT2D eigenvalue weighted by atomic mass is 79.9. The van der Waals surface area contributed by atoms with Gasteiger partial charge in [0.1, 0.15) is 0 Å². The van der Waals surface area contributed by atoms with E-state index in [-0.39, 0.29) is 6.42 Å². The van der Waals surface area contributed by atoms with E-state index in [2.05, 4.69) is 31.5 Å². The Morgan fingerprint density at radius 1 is 1.47 bits per heavy atom. The highest BCUT2D eigenvalue weighted by Gasteiger charge is 2.10. The predicted octanol–water partition coefficient (Wildman–Crippen LogP) is 2.62.